The lowest BCUT2D eigenvalue weighted by Crippen LogP contribution is -2.43. The van der Waals surface area contributed by atoms with Crippen molar-refractivity contribution in [3.8, 4) is 5.75 Å². The number of hydrogen-bond acceptors (Lipinski definition) is 5. The van der Waals surface area contributed by atoms with Crippen molar-refractivity contribution in [3.63, 3.8) is 0 Å². The van der Waals surface area contributed by atoms with Crippen LogP contribution in [0.3, 0.4) is 0 Å². The quantitative estimate of drug-likeness (QED) is 0.456. The first-order chi connectivity index (χ1) is 15.9. The van der Waals surface area contributed by atoms with Crippen molar-refractivity contribution in [3.05, 3.63) is 75.8 Å². The van der Waals surface area contributed by atoms with Crippen molar-refractivity contribution in [2.24, 2.45) is 5.92 Å². The number of anilines is 1. The molecule has 1 fully saturated rings. The largest absolute Gasteiger partial charge is 0.496 e. The summed E-state index contributed by atoms with van der Waals surface area (Å²) in [7, 11) is 1.60. The van der Waals surface area contributed by atoms with E-state index in [0.29, 0.717) is 48.5 Å². The predicted octanol–water partition coefficient (Wildman–Crippen LogP) is 4.56. The smallest absolute Gasteiger partial charge is 0.274 e. The summed E-state index contributed by atoms with van der Waals surface area (Å²) in [5.41, 5.74) is 1.35. The summed E-state index contributed by atoms with van der Waals surface area (Å²) in [6, 6.07) is 15.7. The molecule has 1 aliphatic rings. The van der Waals surface area contributed by atoms with Crippen molar-refractivity contribution in [1.29, 1.82) is 0 Å². The molecule has 1 aliphatic heterocycles. The number of carbonyl (C=O) groups excluding carboxylic acids is 2. The number of ether oxygens (including phenoxy) is 1. The Kier molecular flexibility index (Phi) is 6.26. The van der Waals surface area contributed by atoms with Gasteiger partial charge in [-0.3, -0.25) is 19.7 Å². The topological polar surface area (TPSA) is 102 Å². The van der Waals surface area contributed by atoms with Crippen LogP contribution in [0.1, 0.15) is 28.8 Å². The first-order valence-electron chi connectivity index (χ1n) is 10.8. The molecule has 33 heavy (non-hydrogen) atoms. The lowest BCUT2D eigenvalue weighted by molar-refractivity contribution is -0.385. The molecule has 0 spiro atoms. The van der Waals surface area contributed by atoms with Gasteiger partial charge in [0.15, 0.2) is 0 Å². The Bertz CT molecular complexity index is 1240. The van der Waals surface area contributed by atoms with Crippen molar-refractivity contribution in [1.82, 2.24) is 4.90 Å². The highest BCUT2D eigenvalue weighted by atomic mass is 16.6. The van der Waals surface area contributed by atoms with Crippen LogP contribution in [0.4, 0.5) is 11.4 Å². The molecule has 1 N–H and O–H groups in total. The van der Waals surface area contributed by atoms with Gasteiger partial charge >= 0.3 is 0 Å². The molecule has 4 rings (SSSR count). The number of piperidine rings is 1. The number of benzene rings is 3. The molecule has 0 saturated carbocycles. The Hall–Kier alpha value is -3.94. The third kappa shape index (κ3) is 4.37. The molecule has 8 nitrogen and oxygen atoms in total. The van der Waals surface area contributed by atoms with Gasteiger partial charge in [0.05, 0.1) is 29.2 Å². The first kappa shape index (κ1) is 22.3. The normalized spacial score (nSPS) is 15.8. The lowest BCUT2D eigenvalue weighted by Gasteiger charge is -2.32. The van der Waals surface area contributed by atoms with Crippen LogP contribution in [0.5, 0.6) is 5.75 Å². The van der Waals surface area contributed by atoms with E-state index in [1.165, 1.54) is 6.07 Å². The number of nitrogens with one attached hydrogen (secondary N) is 1. The van der Waals surface area contributed by atoms with Gasteiger partial charge < -0.3 is 15.0 Å². The van der Waals surface area contributed by atoms with E-state index in [-0.39, 0.29) is 17.5 Å². The van der Waals surface area contributed by atoms with Gasteiger partial charge in [-0.05, 0) is 43.4 Å². The van der Waals surface area contributed by atoms with Gasteiger partial charge in [-0.15, -0.1) is 0 Å². The summed E-state index contributed by atoms with van der Waals surface area (Å²) in [4.78, 5) is 38.8. The van der Waals surface area contributed by atoms with Crippen LogP contribution in [0.2, 0.25) is 0 Å². The van der Waals surface area contributed by atoms with Crippen LogP contribution >= 0.6 is 0 Å². The molecule has 0 bridgehead atoms. The molecule has 1 atom stereocenters. The molecule has 8 heteroatoms. The second kappa shape index (κ2) is 9.28. The summed E-state index contributed by atoms with van der Waals surface area (Å²) in [5, 5.41) is 15.7. The number of nitro groups is 1. The standard InChI is InChI=1S/C25H25N3O5/c1-16-21(10-5-11-22(16)28(31)32)26-24(29)17-7-6-14-27(15-17)25(30)20-12-13-23(33-2)19-9-4-3-8-18(19)20/h3-5,8-13,17H,6-7,14-15H2,1-2H3,(H,26,29)/t17-/m1/s1. The minimum absolute atomic E-state index is 0.0420. The average Bonchev–Trinajstić information content (AvgIpc) is 2.84. The van der Waals surface area contributed by atoms with Crippen LogP contribution in [-0.2, 0) is 4.79 Å². The lowest BCUT2D eigenvalue weighted by atomic mass is 9.95. The Morgan fingerprint density at radius 2 is 1.85 bits per heavy atom. The first-order valence-corrected chi connectivity index (χ1v) is 10.8. The Labute approximate surface area is 191 Å². The Balaban J connectivity index is 1.53. The van der Waals surface area contributed by atoms with Gasteiger partial charge in [-0.1, -0.05) is 30.3 Å². The average molecular weight is 447 g/mol. The number of nitrogens with zero attached hydrogens (tertiary/aromatic N) is 2. The van der Waals surface area contributed by atoms with E-state index in [2.05, 4.69) is 5.32 Å². The zero-order valence-electron chi connectivity index (χ0n) is 18.5. The number of fused-ring (bicyclic) bond motifs is 1. The third-order valence-electron chi connectivity index (χ3n) is 6.17. The number of methoxy groups -OCH3 is 1. The number of likely N-dealkylation sites (tertiary alicyclic amines) is 1. The summed E-state index contributed by atoms with van der Waals surface area (Å²) >= 11 is 0. The molecule has 1 heterocycles. The predicted molar refractivity (Wildman–Crippen MR) is 126 cm³/mol. The number of nitro benzene ring substituents is 1. The number of hydrogen-bond donors (Lipinski definition) is 1. The molecule has 2 amide bonds. The molecular formula is C25H25N3O5. The molecule has 170 valence electrons. The van der Waals surface area contributed by atoms with E-state index in [4.69, 9.17) is 4.74 Å². The second-order valence-corrected chi connectivity index (χ2v) is 8.15. The van der Waals surface area contributed by atoms with Crippen molar-refractivity contribution in [2.45, 2.75) is 19.8 Å². The van der Waals surface area contributed by atoms with Gasteiger partial charge in [0.2, 0.25) is 5.91 Å². The molecule has 0 unspecified atom stereocenters. The highest BCUT2D eigenvalue weighted by Gasteiger charge is 2.30. The monoisotopic (exact) mass is 447 g/mol. The second-order valence-electron chi connectivity index (χ2n) is 8.15. The fourth-order valence-corrected chi connectivity index (χ4v) is 4.37. The molecule has 3 aromatic rings. The molecule has 1 saturated heterocycles. The summed E-state index contributed by atoms with van der Waals surface area (Å²) in [6.45, 7) is 2.47. The van der Waals surface area contributed by atoms with Gasteiger partial charge in [-0.25, -0.2) is 0 Å². The molecule has 0 aliphatic carbocycles. The van der Waals surface area contributed by atoms with E-state index in [0.717, 1.165) is 10.8 Å². The Morgan fingerprint density at radius 3 is 2.58 bits per heavy atom. The highest BCUT2D eigenvalue weighted by Crippen LogP contribution is 2.31. The van der Waals surface area contributed by atoms with E-state index in [1.807, 2.05) is 24.3 Å². The molecule has 3 aromatic carbocycles. The Morgan fingerprint density at radius 1 is 1.09 bits per heavy atom. The van der Waals surface area contributed by atoms with E-state index in [9.17, 15) is 19.7 Å². The molecular weight excluding hydrogens is 422 g/mol. The number of amides is 2. The van der Waals surface area contributed by atoms with Gasteiger partial charge in [0.1, 0.15) is 5.75 Å². The number of carbonyl (C=O) groups is 2. The SMILES string of the molecule is COc1ccc(C(=O)N2CCC[C@@H](C(=O)Nc3cccc([N+](=O)[O-])c3C)C2)c2ccccc12. The van der Waals surface area contributed by atoms with E-state index < -0.39 is 10.8 Å². The fraction of sp³-hybridized carbons (Fsp3) is 0.280. The van der Waals surface area contributed by atoms with E-state index in [1.54, 1.807) is 43.2 Å². The fourth-order valence-electron chi connectivity index (χ4n) is 4.37. The summed E-state index contributed by atoms with van der Waals surface area (Å²) < 4.78 is 5.43. The van der Waals surface area contributed by atoms with Crippen LogP contribution in [0.25, 0.3) is 10.8 Å². The molecule has 0 aromatic heterocycles. The third-order valence-corrected chi connectivity index (χ3v) is 6.17. The van der Waals surface area contributed by atoms with Crippen molar-refractivity contribution in [2.75, 3.05) is 25.5 Å². The van der Waals surface area contributed by atoms with Crippen LogP contribution < -0.4 is 10.1 Å². The van der Waals surface area contributed by atoms with Crippen molar-refractivity contribution < 1.29 is 19.2 Å². The van der Waals surface area contributed by atoms with Crippen LogP contribution in [0, 0.1) is 23.0 Å². The highest BCUT2D eigenvalue weighted by molar-refractivity contribution is 6.08. The maximum absolute atomic E-state index is 13.4. The van der Waals surface area contributed by atoms with Crippen molar-refractivity contribution >= 4 is 34.0 Å². The zero-order valence-corrected chi connectivity index (χ0v) is 18.5. The van der Waals surface area contributed by atoms with Gasteiger partial charge in [0, 0.05) is 30.1 Å². The van der Waals surface area contributed by atoms with Gasteiger partial charge in [0.25, 0.3) is 11.6 Å². The minimum atomic E-state index is -0.467. The maximum atomic E-state index is 13.4. The number of rotatable bonds is 5. The minimum Gasteiger partial charge on any atom is -0.496 e. The van der Waals surface area contributed by atoms with Crippen LogP contribution in [-0.4, -0.2) is 41.8 Å². The summed E-state index contributed by atoms with van der Waals surface area (Å²) in [5.74, 6) is -0.0650. The van der Waals surface area contributed by atoms with E-state index >= 15 is 0 Å². The zero-order chi connectivity index (χ0) is 23.5. The van der Waals surface area contributed by atoms with Crippen LogP contribution in [0.15, 0.2) is 54.6 Å². The molecule has 0 radical (unpaired) electrons. The summed E-state index contributed by atoms with van der Waals surface area (Å²) in [6.07, 6.45) is 1.35. The maximum Gasteiger partial charge on any atom is 0.274 e. The van der Waals surface area contributed by atoms with Gasteiger partial charge in [-0.2, -0.15) is 0 Å².